The molecule has 0 radical (unpaired) electrons. The van der Waals surface area contributed by atoms with Gasteiger partial charge in [-0.1, -0.05) is 30.3 Å². The number of benzene rings is 1. The molecule has 2 amide bonds. The Morgan fingerprint density at radius 3 is 2.78 bits per heavy atom. The number of nitrogens with zero attached hydrogens (tertiary/aromatic N) is 1. The lowest BCUT2D eigenvalue weighted by atomic mass is 10.0. The third-order valence-corrected chi connectivity index (χ3v) is 3.85. The van der Waals surface area contributed by atoms with E-state index in [4.69, 9.17) is 0 Å². The van der Waals surface area contributed by atoms with Crippen LogP contribution in [-0.4, -0.2) is 36.6 Å². The second-order valence-corrected chi connectivity index (χ2v) is 5.07. The lowest BCUT2D eigenvalue weighted by molar-refractivity contribution is 0.184. The van der Waals surface area contributed by atoms with E-state index >= 15 is 0 Å². The number of urea groups is 1. The van der Waals surface area contributed by atoms with Crippen LogP contribution in [0.2, 0.25) is 0 Å². The van der Waals surface area contributed by atoms with Crippen molar-refractivity contribution < 1.29 is 4.79 Å². The SMILES string of the molecule is O=C1NC(c2ccccc2)CN1C1CCCNC1. The molecule has 2 aliphatic rings. The van der Waals surface area contributed by atoms with Crippen LogP contribution in [-0.2, 0) is 0 Å². The smallest absolute Gasteiger partial charge is 0.318 e. The van der Waals surface area contributed by atoms with Crippen LogP contribution in [0.5, 0.6) is 0 Å². The van der Waals surface area contributed by atoms with Gasteiger partial charge in [-0.15, -0.1) is 0 Å². The average molecular weight is 245 g/mol. The minimum atomic E-state index is 0.0811. The summed E-state index contributed by atoms with van der Waals surface area (Å²) in [7, 11) is 0. The van der Waals surface area contributed by atoms with E-state index in [0.717, 1.165) is 32.5 Å². The number of carbonyl (C=O) groups excluding carboxylic acids is 1. The van der Waals surface area contributed by atoms with Crippen molar-refractivity contribution in [1.82, 2.24) is 15.5 Å². The highest BCUT2D eigenvalue weighted by Gasteiger charge is 2.34. The molecular formula is C14H19N3O. The van der Waals surface area contributed by atoms with Crippen LogP contribution in [0, 0.1) is 0 Å². The molecule has 0 aromatic heterocycles. The summed E-state index contributed by atoms with van der Waals surface area (Å²) in [6.07, 6.45) is 2.27. The first-order valence-electron chi connectivity index (χ1n) is 6.67. The van der Waals surface area contributed by atoms with Crippen molar-refractivity contribution in [2.45, 2.75) is 24.9 Å². The summed E-state index contributed by atoms with van der Waals surface area (Å²) in [6, 6.07) is 10.8. The van der Waals surface area contributed by atoms with E-state index in [1.165, 1.54) is 5.56 Å². The number of hydrogen-bond acceptors (Lipinski definition) is 2. The fraction of sp³-hybridized carbons (Fsp3) is 0.500. The van der Waals surface area contributed by atoms with Gasteiger partial charge in [0.2, 0.25) is 0 Å². The molecule has 2 unspecified atom stereocenters. The third-order valence-electron chi connectivity index (χ3n) is 3.85. The van der Waals surface area contributed by atoms with E-state index in [1.54, 1.807) is 0 Å². The first-order valence-corrected chi connectivity index (χ1v) is 6.67. The molecule has 1 aromatic carbocycles. The maximum absolute atomic E-state index is 12.0. The monoisotopic (exact) mass is 245 g/mol. The summed E-state index contributed by atoms with van der Waals surface area (Å²) in [5.41, 5.74) is 1.19. The lowest BCUT2D eigenvalue weighted by Gasteiger charge is -2.30. The maximum Gasteiger partial charge on any atom is 0.318 e. The van der Waals surface area contributed by atoms with Gasteiger partial charge in [0.05, 0.1) is 6.04 Å². The van der Waals surface area contributed by atoms with Gasteiger partial charge in [0.1, 0.15) is 0 Å². The Labute approximate surface area is 107 Å². The Balaban J connectivity index is 1.70. The molecule has 4 nitrogen and oxygen atoms in total. The maximum atomic E-state index is 12.0. The molecule has 2 atom stereocenters. The van der Waals surface area contributed by atoms with Crippen molar-refractivity contribution in [2.75, 3.05) is 19.6 Å². The minimum absolute atomic E-state index is 0.0811. The van der Waals surface area contributed by atoms with Gasteiger partial charge in [0, 0.05) is 19.1 Å². The first-order chi connectivity index (χ1) is 8.84. The molecule has 1 aromatic rings. The molecule has 0 saturated carbocycles. The quantitative estimate of drug-likeness (QED) is 0.829. The Kier molecular flexibility index (Phi) is 3.19. The summed E-state index contributed by atoms with van der Waals surface area (Å²) in [5, 5.41) is 6.44. The molecule has 0 aliphatic carbocycles. The third kappa shape index (κ3) is 2.20. The molecule has 2 saturated heterocycles. The Morgan fingerprint density at radius 1 is 1.22 bits per heavy atom. The van der Waals surface area contributed by atoms with Gasteiger partial charge in [-0.3, -0.25) is 0 Å². The van der Waals surface area contributed by atoms with E-state index < -0.39 is 0 Å². The predicted molar refractivity (Wildman–Crippen MR) is 70.3 cm³/mol. The molecule has 96 valence electrons. The van der Waals surface area contributed by atoms with Crippen molar-refractivity contribution in [2.24, 2.45) is 0 Å². The summed E-state index contributed by atoms with van der Waals surface area (Å²) in [6.45, 7) is 2.79. The molecule has 2 aliphatic heterocycles. The van der Waals surface area contributed by atoms with Gasteiger partial charge in [-0.25, -0.2) is 4.79 Å². The number of carbonyl (C=O) groups is 1. The number of hydrogen-bond donors (Lipinski definition) is 2. The van der Waals surface area contributed by atoms with E-state index in [0.29, 0.717) is 6.04 Å². The van der Waals surface area contributed by atoms with E-state index in [9.17, 15) is 4.79 Å². The fourth-order valence-electron chi connectivity index (χ4n) is 2.85. The Morgan fingerprint density at radius 2 is 2.06 bits per heavy atom. The second-order valence-electron chi connectivity index (χ2n) is 5.07. The van der Waals surface area contributed by atoms with Gasteiger partial charge in [-0.2, -0.15) is 0 Å². The molecule has 2 fully saturated rings. The number of nitrogens with one attached hydrogen (secondary N) is 2. The fourth-order valence-corrected chi connectivity index (χ4v) is 2.85. The van der Waals surface area contributed by atoms with Gasteiger partial charge < -0.3 is 15.5 Å². The topological polar surface area (TPSA) is 44.4 Å². The predicted octanol–water partition coefficient (Wildman–Crippen LogP) is 1.50. The van der Waals surface area contributed by atoms with Crippen molar-refractivity contribution in [3.8, 4) is 0 Å². The molecule has 2 heterocycles. The molecule has 0 spiro atoms. The van der Waals surface area contributed by atoms with Gasteiger partial charge in [0.25, 0.3) is 0 Å². The van der Waals surface area contributed by atoms with Gasteiger partial charge in [-0.05, 0) is 24.9 Å². The molecule has 4 heteroatoms. The van der Waals surface area contributed by atoms with Crippen LogP contribution in [0.4, 0.5) is 4.79 Å². The largest absolute Gasteiger partial charge is 0.329 e. The highest BCUT2D eigenvalue weighted by atomic mass is 16.2. The zero-order valence-electron chi connectivity index (χ0n) is 10.4. The van der Waals surface area contributed by atoms with Crippen LogP contribution in [0.15, 0.2) is 30.3 Å². The summed E-state index contributed by atoms with van der Waals surface area (Å²) in [4.78, 5) is 14.0. The van der Waals surface area contributed by atoms with Gasteiger partial charge >= 0.3 is 6.03 Å². The van der Waals surface area contributed by atoms with Gasteiger partial charge in [0.15, 0.2) is 0 Å². The summed E-state index contributed by atoms with van der Waals surface area (Å²) >= 11 is 0. The zero-order valence-corrected chi connectivity index (χ0v) is 10.4. The number of rotatable bonds is 2. The normalized spacial score (nSPS) is 28.2. The first kappa shape index (κ1) is 11.5. The van der Waals surface area contributed by atoms with Crippen molar-refractivity contribution in [1.29, 1.82) is 0 Å². The van der Waals surface area contributed by atoms with Crippen molar-refractivity contribution in [3.05, 3.63) is 35.9 Å². The highest BCUT2D eigenvalue weighted by molar-refractivity contribution is 5.77. The lowest BCUT2D eigenvalue weighted by Crippen LogP contribution is -2.47. The van der Waals surface area contributed by atoms with Crippen molar-refractivity contribution in [3.63, 3.8) is 0 Å². The van der Waals surface area contributed by atoms with Crippen molar-refractivity contribution >= 4 is 6.03 Å². The average Bonchev–Trinajstić information content (AvgIpc) is 2.83. The number of amides is 2. The van der Waals surface area contributed by atoms with E-state index in [-0.39, 0.29) is 12.1 Å². The van der Waals surface area contributed by atoms with Crippen LogP contribution in [0.1, 0.15) is 24.4 Å². The standard InChI is InChI=1S/C14H19N3O/c18-14-16-13(11-5-2-1-3-6-11)10-17(14)12-7-4-8-15-9-12/h1-3,5-6,12-13,15H,4,7-10H2,(H,16,18). The van der Waals surface area contributed by atoms with Crippen LogP contribution in [0.3, 0.4) is 0 Å². The molecule has 2 N–H and O–H groups in total. The summed E-state index contributed by atoms with van der Waals surface area (Å²) < 4.78 is 0. The van der Waals surface area contributed by atoms with E-state index in [1.807, 2.05) is 23.1 Å². The zero-order chi connectivity index (χ0) is 12.4. The number of piperidine rings is 1. The molecule has 0 bridgehead atoms. The van der Waals surface area contributed by atoms with Crippen LogP contribution < -0.4 is 10.6 Å². The van der Waals surface area contributed by atoms with Crippen LogP contribution in [0.25, 0.3) is 0 Å². The molecule has 18 heavy (non-hydrogen) atoms. The van der Waals surface area contributed by atoms with E-state index in [2.05, 4.69) is 22.8 Å². The highest BCUT2D eigenvalue weighted by Crippen LogP contribution is 2.23. The molecular weight excluding hydrogens is 226 g/mol. The second kappa shape index (κ2) is 4.98. The summed E-state index contributed by atoms with van der Waals surface area (Å²) in [5.74, 6) is 0. The Bertz CT molecular complexity index is 414. The van der Waals surface area contributed by atoms with Crippen LogP contribution >= 0.6 is 0 Å². The Hall–Kier alpha value is -1.55. The minimum Gasteiger partial charge on any atom is -0.329 e. The molecule has 3 rings (SSSR count).